The lowest BCUT2D eigenvalue weighted by atomic mass is 9.96. The van der Waals surface area contributed by atoms with Crippen molar-refractivity contribution in [3.63, 3.8) is 0 Å². The van der Waals surface area contributed by atoms with Gasteiger partial charge in [0.2, 0.25) is 0 Å². The number of nitrogen functional groups attached to an aromatic ring is 1. The number of carbonyl (C=O) groups is 3. The number of carboxylic acid groups (broad SMARTS) is 1. The van der Waals surface area contributed by atoms with Crippen LogP contribution in [0.25, 0.3) is 5.78 Å². The molecule has 14 nitrogen and oxygen atoms in total. The second-order valence-corrected chi connectivity index (χ2v) is 11.6. The summed E-state index contributed by atoms with van der Waals surface area (Å²) in [7, 11) is 0. The van der Waals surface area contributed by atoms with Crippen LogP contribution in [0.5, 0.6) is 0 Å². The lowest BCUT2D eigenvalue weighted by Crippen LogP contribution is -2.44. The largest absolute Gasteiger partial charge is 0.478 e. The van der Waals surface area contributed by atoms with Crippen molar-refractivity contribution in [2.75, 3.05) is 17.2 Å². The standard InChI is InChI=1S/C31H25N7O7S/c32-23-24(26(40)25(23)39)37-8-7-15-2-1-14(9-18(15)13-37)12-33-28(42)22-11-21(35-30-36-45-31(46)38(22)30)27(41)34-20-6-4-16-10-17(29(43)44)3-5-19(16)20/h1-3,5,9-11,20H,4,6-8,12-13,32H2,(H,33,42)(H,34,41)(H,43,44). The average molecular weight is 640 g/mol. The molecule has 0 radical (unpaired) electrons. The third kappa shape index (κ3) is 4.90. The Balaban J connectivity index is 1.09. The van der Waals surface area contributed by atoms with Crippen molar-refractivity contribution in [1.29, 1.82) is 0 Å². The Morgan fingerprint density at radius 2 is 1.85 bits per heavy atom. The molecule has 0 bridgehead atoms. The number of aryl methyl sites for hydroxylation is 1. The second-order valence-electron chi connectivity index (χ2n) is 11.3. The number of amides is 2. The summed E-state index contributed by atoms with van der Waals surface area (Å²) in [6.07, 6.45) is 1.85. The Bertz CT molecular complexity index is 2250. The average Bonchev–Trinajstić information content (AvgIpc) is 3.65. The summed E-state index contributed by atoms with van der Waals surface area (Å²) in [6.45, 7) is 1.09. The summed E-state index contributed by atoms with van der Waals surface area (Å²) in [5.74, 6) is -2.18. The van der Waals surface area contributed by atoms with Gasteiger partial charge in [0, 0.05) is 19.6 Å². The molecule has 7 rings (SSSR count). The highest BCUT2D eigenvalue weighted by Crippen LogP contribution is 2.32. The quantitative estimate of drug-likeness (QED) is 0.149. The number of aromatic nitrogens is 3. The van der Waals surface area contributed by atoms with E-state index in [1.807, 2.05) is 18.2 Å². The van der Waals surface area contributed by atoms with Crippen LogP contribution in [0.1, 0.15) is 71.6 Å². The predicted octanol–water partition coefficient (Wildman–Crippen LogP) is 1.84. The van der Waals surface area contributed by atoms with Gasteiger partial charge in [0.1, 0.15) is 22.8 Å². The fraction of sp³-hybridized carbons (Fsp3) is 0.226. The summed E-state index contributed by atoms with van der Waals surface area (Å²) in [5.41, 5.74) is 9.39. The van der Waals surface area contributed by atoms with Gasteiger partial charge in [-0.2, -0.15) is 0 Å². The maximum absolute atomic E-state index is 13.5. The van der Waals surface area contributed by atoms with Crippen molar-refractivity contribution in [3.8, 4) is 0 Å². The minimum Gasteiger partial charge on any atom is -0.478 e. The molecule has 232 valence electrons. The van der Waals surface area contributed by atoms with Gasteiger partial charge < -0.3 is 30.9 Å². The van der Waals surface area contributed by atoms with E-state index < -0.39 is 28.6 Å². The number of hydrogen-bond acceptors (Lipinski definition) is 11. The number of hydrogen-bond donors (Lipinski definition) is 4. The van der Waals surface area contributed by atoms with E-state index in [9.17, 15) is 29.1 Å². The molecule has 15 heteroatoms. The number of rotatable bonds is 7. The molecule has 1 aliphatic carbocycles. The first kappa shape index (κ1) is 29.0. The zero-order valence-corrected chi connectivity index (χ0v) is 24.8. The first-order valence-corrected chi connectivity index (χ1v) is 14.8. The summed E-state index contributed by atoms with van der Waals surface area (Å²) >= 11 is 5.22. The molecule has 0 spiro atoms. The van der Waals surface area contributed by atoms with Gasteiger partial charge in [0.15, 0.2) is 0 Å². The van der Waals surface area contributed by atoms with Crippen molar-refractivity contribution < 1.29 is 24.0 Å². The number of benzene rings is 2. The number of nitrogens with one attached hydrogen (secondary N) is 2. The Morgan fingerprint density at radius 1 is 1.02 bits per heavy atom. The van der Waals surface area contributed by atoms with Gasteiger partial charge >= 0.3 is 10.8 Å². The lowest BCUT2D eigenvalue weighted by Gasteiger charge is -2.32. The van der Waals surface area contributed by atoms with Gasteiger partial charge in [0.25, 0.3) is 28.4 Å². The van der Waals surface area contributed by atoms with Crippen LogP contribution in [0, 0.1) is 4.84 Å². The number of carboxylic acids is 1. The molecule has 2 amide bonds. The molecule has 3 aromatic carbocycles. The Labute approximate surface area is 264 Å². The molecule has 1 unspecified atom stereocenters. The van der Waals surface area contributed by atoms with Gasteiger partial charge in [-0.1, -0.05) is 24.3 Å². The van der Waals surface area contributed by atoms with Crippen LogP contribution < -0.4 is 32.1 Å². The maximum Gasteiger partial charge on any atom is 0.335 e. The van der Waals surface area contributed by atoms with Crippen molar-refractivity contribution in [1.82, 2.24) is 25.2 Å². The molecular formula is C31H25N7O7S. The van der Waals surface area contributed by atoms with Crippen LogP contribution in [0.15, 0.2) is 56.6 Å². The fourth-order valence-corrected chi connectivity index (χ4v) is 6.38. The SMILES string of the molecule is Nc1c(N2CCc3ccc(CNC(=O)c4cc(C(=O)NC5CCc6cc(C(=O)O)ccc65)nc5noc(=S)n45)cc3C2)c(=O)c1=O. The molecule has 0 fully saturated rings. The minimum atomic E-state index is -1.02. The first-order valence-electron chi connectivity index (χ1n) is 14.4. The molecule has 1 atom stereocenters. The summed E-state index contributed by atoms with van der Waals surface area (Å²) in [6, 6.07) is 11.5. The summed E-state index contributed by atoms with van der Waals surface area (Å²) in [4.78, 5) is 67.7. The van der Waals surface area contributed by atoms with E-state index in [0.717, 1.165) is 27.8 Å². The first-order chi connectivity index (χ1) is 22.1. The van der Waals surface area contributed by atoms with E-state index in [1.165, 1.54) is 16.5 Å². The summed E-state index contributed by atoms with van der Waals surface area (Å²) in [5, 5.41) is 18.9. The Hall–Kier alpha value is -5.70. The highest BCUT2D eigenvalue weighted by molar-refractivity contribution is 7.71. The number of fused-ring (bicyclic) bond motifs is 3. The summed E-state index contributed by atoms with van der Waals surface area (Å²) < 4.78 is 6.32. The number of nitrogens with two attached hydrogens (primary N) is 1. The van der Waals surface area contributed by atoms with E-state index in [2.05, 4.69) is 20.8 Å². The zero-order chi connectivity index (χ0) is 32.3. The number of nitrogens with zero attached hydrogens (tertiary/aromatic N) is 4. The highest BCUT2D eigenvalue weighted by atomic mass is 32.1. The van der Waals surface area contributed by atoms with Gasteiger partial charge in [-0.25, -0.2) is 14.2 Å². The van der Waals surface area contributed by atoms with Crippen LogP contribution in [0.4, 0.5) is 11.4 Å². The Morgan fingerprint density at radius 3 is 2.63 bits per heavy atom. The molecule has 5 aromatic rings. The van der Waals surface area contributed by atoms with Crippen LogP contribution in [0.3, 0.4) is 0 Å². The third-order valence-corrected chi connectivity index (χ3v) is 8.79. The van der Waals surface area contributed by atoms with E-state index in [0.29, 0.717) is 32.4 Å². The fourth-order valence-electron chi connectivity index (χ4n) is 6.17. The van der Waals surface area contributed by atoms with Gasteiger partial charge in [-0.05, 0) is 82.7 Å². The Kier molecular flexibility index (Phi) is 6.96. The van der Waals surface area contributed by atoms with E-state index in [4.69, 9.17) is 22.5 Å². The van der Waals surface area contributed by atoms with Gasteiger partial charge in [-0.3, -0.25) is 19.2 Å². The molecule has 0 saturated carbocycles. The predicted molar refractivity (Wildman–Crippen MR) is 166 cm³/mol. The minimum absolute atomic E-state index is 0.000896. The van der Waals surface area contributed by atoms with Gasteiger partial charge in [0.05, 0.1) is 11.6 Å². The second kappa shape index (κ2) is 11.0. The van der Waals surface area contributed by atoms with Crippen LogP contribution in [-0.4, -0.2) is 44.0 Å². The van der Waals surface area contributed by atoms with E-state index >= 15 is 0 Å². The molecule has 3 heterocycles. The van der Waals surface area contributed by atoms with E-state index in [-0.39, 0.29) is 51.5 Å². The molecule has 5 N–H and O–H groups in total. The topological polar surface area (TPSA) is 202 Å². The number of aromatic carboxylic acids is 1. The van der Waals surface area contributed by atoms with Crippen molar-refractivity contribution >= 4 is 47.2 Å². The molecular weight excluding hydrogens is 614 g/mol. The maximum atomic E-state index is 13.5. The number of carbonyl (C=O) groups excluding carboxylic acids is 2. The van der Waals surface area contributed by atoms with Gasteiger partial charge in [-0.15, -0.1) is 0 Å². The monoisotopic (exact) mass is 639 g/mol. The van der Waals surface area contributed by atoms with Crippen molar-refractivity contribution in [2.45, 2.75) is 38.4 Å². The lowest BCUT2D eigenvalue weighted by molar-refractivity contribution is 0.0696. The molecule has 2 aromatic heterocycles. The highest BCUT2D eigenvalue weighted by Gasteiger charge is 2.28. The number of anilines is 2. The van der Waals surface area contributed by atoms with E-state index in [1.54, 1.807) is 17.0 Å². The zero-order valence-electron chi connectivity index (χ0n) is 24.0. The molecule has 1 aliphatic heterocycles. The van der Waals surface area contributed by atoms with Crippen LogP contribution >= 0.6 is 12.2 Å². The molecule has 2 aliphatic rings. The normalized spacial score (nSPS) is 15.5. The smallest absolute Gasteiger partial charge is 0.335 e. The molecule has 46 heavy (non-hydrogen) atoms. The van der Waals surface area contributed by atoms with Crippen molar-refractivity contribution in [3.05, 3.63) is 113 Å². The molecule has 0 saturated heterocycles. The van der Waals surface area contributed by atoms with Crippen LogP contribution in [-0.2, 0) is 25.9 Å². The third-order valence-electron chi connectivity index (χ3n) is 8.53. The van der Waals surface area contributed by atoms with Crippen LogP contribution in [0.2, 0.25) is 0 Å². The van der Waals surface area contributed by atoms with Crippen molar-refractivity contribution in [2.24, 2.45) is 0 Å².